The van der Waals surface area contributed by atoms with Gasteiger partial charge in [0.15, 0.2) is 0 Å². The van der Waals surface area contributed by atoms with Crippen molar-refractivity contribution in [2.24, 2.45) is 0 Å². The van der Waals surface area contributed by atoms with Crippen LogP contribution in [0.3, 0.4) is 0 Å². The fraction of sp³-hybridized carbons (Fsp3) is 0.222. The van der Waals surface area contributed by atoms with Crippen LogP contribution in [0.2, 0.25) is 0 Å². The standard InChI is InChI=1S/C18H20N2O3/c1-23-16-10-6-5-9-15(16)18(22)20-13-17(21)19-12-11-14-7-3-2-4-8-14/h2-10H,11-13H2,1H3,(H,19,21)(H,20,22). The lowest BCUT2D eigenvalue weighted by molar-refractivity contribution is -0.120. The van der Waals surface area contributed by atoms with Crippen LogP contribution in [0.25, 0.3) is 0 Å². The highest BCUT2D eigenvalue weighted by atomic mass is 16.5. The predicted molar refractivity (Wildman–Crippen MR) is 88.5 cm³/mol. The molecule has 0 aromatic heterocycles. The van der Waals surface area contributed by atoms with Crippen LogP contribution in [0.5, 0.6) is 5.75 Å². The molecule has 2 amide bonds. The first-order chi connectivity index (χ1) is 11.2. The zero-order valence-electron chi connectivity index (χ0n) is 13.0. The van der Waals surface area contributed by atoms with Crippen LogP contribution in [0.1, 0.15) is 15.9 Å². The number of para-hydroxylation sites is 1. The Hall–Kier alpha value is -2.82. The zero-order valence-corrected chi connectivity index (χ0v) is 13.0. The molecule has 0 atom stereocenters. The van der Waals surface area contributed by atoms with Gasteiger partial charge in [0.25, 0.3) is 5.91 Å². The van der Waals surface area contributed by atoms with Gasteiger partial charge in [0.2, 0.25) is 5.91 Å². The first kappa shape index (κ1) is 16.5. The van der Waals surface area contributed by atoms with Gasteiger partial charge >= 0.3 is 0 Å². The Bertz CT molecular complexity index is 656. The number of methoxy groups -OCH3 is 1. The Morgan fingerprint density at radius 1 is 0.957 bits per heavy atom. The SMILES string of the molecule is COc1ccccc1C(=O)NCC(=O)NCCc1ccccc1. The van der Waals surface area contributed by atoms with E-state index in [4.69, 9.17) is 4.74 Å². The molecule has 0 spiro atoms. The van der Waals surface area contributed by atoms with Crippen LogP contribution in [0.4, 0.5) is 0 Å². The summed E-state index contributed by atoms with van der Waals surface area (Å²) in [4.78, 5) is 23.8. The fourth-order valence-electron chi connectivity index (χ4n) is 2.14. The van der Waals surface area contributed by atoms with E-state index in [-0.39, 0.29) is 18.4 Å². The lowest BCUT2D eigenvalue weighted by atomic mass is 10.1. The molecule has 0 aliphatic heterocycles. The molecule has 2 aromatic carbocycles. The molecule has 5 heteroatoms. The van der Waals surface area contributed by atoms with E-state index >= 15 is 0 Å². The summed E-state index contributed by atoms with van der Waals surface area (Å²) in [6.07, 6.45) is 0.757. The van der Waals surface area contributed by atoms with Crippen LogP contribution in [0, 0.1) is 0 Å². The number of carbonyl (C=O) groups excluding carboxylic acids is 2. The topological polar surface area (TPSA) is 67.4 Å². The Balaban J connectivity index is 1.74. The number of nitrogens with one attached hydrogen (secondary N) is 2. The van der Waals surface area contributed by atoms with E-state index in [0.29, 0.717) is 17.9 Å². The smallest absolute Gasteiger partial charge is 0.255 e. The molecule has 0 radical (unpaired) electrons. The van der Waals surface area contributed by atoms with Crippen molar-refractivity contribution in [1.82, 2.24) is 10.6 Å². The first-order valence-corrected chi connectivity index (χ1v) is 7.42. The van der Waals surface area contributed by atoms with Gasteiger partial charge in [0.1, 0.15) is 5.75 Å². The van der Waals surface area contributed by atoms with Gasteiger partial charge in [-0.05, 0) is 24.1 Å². The largest absolute Gasteiger partial charge is 0.496 e. The molecule has 2 N–H and O–H groups in total. The van der Waals surface area contributed by atoms with Crippen molar-refractivity contribution in [1.29, 1.82) is 0 Å². The van der Waals surface area contributed by atoms with Crippen molar-refractivity contribution < 1.29 is 14.3 Å². The van der Waals surface area contributed by atoms with Crippen molar-refractivity contribution in [3.63, 3.8) is 0 Å². The summed E-state index contributed by atoms with van der Waals surface area (Å²) in [5.41, 5.74) is 1.57. The fourth-order valence-corrected chi connectivity index (χ4v) is 2.14. The first-order valence-electron chi connectivity index (χ1n) is 7.42. The minimum atomic E-state index is -0.333. The number of carbonyl (C=O) groups is 2. The molecule has 2 rings (SSSR count). The lowest BCUT2D eigenvalue weighted by Crippen LogP contribution is -2.37. The van der Waals surface area contributed by atoms with Gasteiger partial charge in [-0.1, -0.05) is 42.5 Å². The van der Waals surface area contributed by atoms with E-state index in [1.165, 1.54) is 7.11 Å². The molecule has 0 bridgehead atoms. The Morgan fingerprint density at radius 2 is 1.65 bits per heavy atom. The summed E-state index contributed by atoms with van der Waals surface area (Å²) in [6.45, 7) is 0.471. The van der Waals surface area contributed by atoms with Crippen molar-refractivity contribution in [3.05, 3.63) is 65.7 Å². The summed E-state index contributed by atoms with van der Waals surface area (Å²) in [5.74, 6) is -0.0701. The molecule has 0 heterocycles. The summed E-state index contributed by atoms with van der Waals surface area (Å²) in [5, 5.41) is 5.37. The van der Waals surface area contributed by atoms with E-state index in [0.717, 1.165) is 12.0 Å². The van der Waals surface area contributed by atoms with Crippen molar-refractivity contribution in [3.8, 4) is 5.75 Å². The quantitative estimate of drug-likeness (QED) is 0.819. The molecule has 0 saturated heterocycles. The monoisotopic (exact) mass is 312 g/mol. The summed E-state index contributed by atoms with van der Waals surface area (Å²) >= 11 is 0. The average Bonchev–Trinajstić information content (AvgIpc) is 2.60. The number of benzene rings is 2. The number of hydrogen-bond donors (Lipinski definition) is 2. The van der Waals surface area contributed by atoms with E-state index in [9.17, 15) is 9.59 Å². The molecule has 2 aromatic rings. The second-order valence-corrected chi connectivity index (χ2v) is 4.97. The number of amides is 2. The Kier molecular flexibility index (Phi) is 6.17. The van der Waals surface area contributed by atoms with Crippen LogP contribution >= 0.6 is 0 Å². The third kappa shape index (κ3) is 5.14. The molecular formula is C18H20N2O3. The van der Waals surface area contributed by atoms with Gasteiger partial charge < -0.3 is 15.4 Å². The van der Waals surface area contributed by atoms with E-state index < -0.39 is 0 Å². The van der Waals surface area contributed by atoms with Gasteiger partial charge in [-0.25, -0.2) is 0 Å². The van der Waals surface area contributed by atoms with E-state index in [1.54, 1.807) is 24.3 Å². The molecule has 0 saturated carbocycles. The molecule has 0 aliphatic carbocycles. The zero-order chi connectivity index (χ0) is 16.5. The maximum absolute atomic E-state index is 12.1. The van der Waals surface area contributed by atoms with Gasteiger partial charge in [0.05, 0.1) is 19.2 Å². The second-order valence-electron chi connectivity index (χ2n) is 4.97. The summed E-state index contributed by atoms with van der Waals surface area (Å²) in [7, 11) is 1.50. The minimum Gasteiger partial charge on any atom is -0.496 e. The Labute approximate surface area is 135 Å². The number of ether oxygens (including phenoxy) is 1. The van der Waals surface area contributed by atoms with Crippen LogP contribution < -0.4 is 15.4 Å². The van der Waals surface area contributed by atoms with E-state index in [1.807, 2.05) is 30.3 Å². The van der Waals surface area contributed by atoms with Crippen LogP contribution in [-0.2, 0) is 11.2 Å². The molecule has 0 unspecified atom stereocenters. The Morgan fingerprint density at radius 3 is 2.39 bits per heavy atom. The third-order valence-electron chi connectivity index (χ3n) is 3.34. The number of rotatable bonds is 7. The van der Waals surface area contributed by atoms with E-state index in [2.05, 4.69) is 10.6 Å². The van der Waals surface area contributed by atoms with Gasteiger partial charge in [0, 0.05) is 6.54 Å². The molecular weight excluding hydrogens is 292 g/mol. The van der Waals surface area contributed by atoms with Crippen molar-refractivity contribution in [2.45, 2.75) is 6.42 Å². The van der Waals surface area contributed by atoms with Crippen molar-refractivity contribution >= 4 is 11.8 Å². The van der Waals surface area contributed by atoms with Crippen LogP contribution in [0.15, 0.2) is 54.6 Å². The highest BCUT2D eigenvalue weighted by molar-refractivity contribution is 5.98. The highest BCUT2D eigenvalue weighted by Gasteiger charge is 2.12. The van der Waals surface area contributed by atoms with Gasteiger partial charge in [-0.15, -0.1) is 0 Å². The molecule has 0 aliphatic rings. The van der Waals surface area contributed by atoms with Gasteiger partial charge in [-0.2, -0.15) is 0 Å². The second kappa shape index (κ2) is 8.58. The summed E-state index contributed by atoms with van der Waals surface area (Å²) < 4.78 is 5.13. The van der Waals surface area contributed by atoms with Gasteiger partial charge in [-0.3, -0.25) is 9.59 Å². The van der Waals surface area contributed by atoms with Crippen molar-refractivity contribution in [2.75, 3.05) is 20.2 Å². The lowest BCUT2D eigenvalue weighted by Gasteiger charge is -2.09. The maximum atomic E-state index is 12.1. The number of hydrogen-bond acceptors (Lipinski definition) is 3. The molecule has 120 valence electrons. The third-order valence-corrected chi connectivity index (χ3v) is 3.34. The molecule has 0 fully saturated rings. The summed E-state index contributed by atoms with van der Waals surface area (Å²) in [6, 6.07) is 16.8. The molecule has 23 heavy (non-hydrogen) atoms. The minimum absolute atomic E-state index is 0.0638. The highest BCUT2D eigenvalue weighted by Crippen LogP contribution is 2.16. The predicted octanol–water partition coefficient (Wildman–Crippen LogP) is 1.78. The molecule has 5 nitrogen and oxygen atoms in total. The normalized spacial score (nSPS) is 9.96. The maximum Gasteiger partial charge on any atom is 0.255 e. The average molecular weight is 312 g/mol. The van der Waals surface area contributed by atoms with Crippen LogP contribution in [-0.4, -0.2) is 32.0 Å².